The zero-order valence-corrected chi connectivity index (χ0v) is 14.3. The maximum absolute atomic E-state index is 12.7. The number of hydrogen-bond acceptors (Lipinski definition) is 2. The van der Waals surface area contributed by atoms with Gasteiger partial charge < -0.3 is 4.98 Å². The first-order valence-electron chi connectivity index (χ1n) is 8.44. The molecule has 0 fully saturated rings. The van der Waals surface area contributed by atoms with Crippen LogP contribution in [0.3, 0.4) is 0 Å². The molecule has 4 nitrogen and oxygen atoms in total. The molecular weight excluding hydrogens is 310 g/mol. The summed E-state index contributed by atoms with van der Waals surface area (Å²) in [6, 6.07) is 15.7. The van der Waals surface area contributed by atoms with E-state index in [1.807, 2.05) is 55.5 Å². The van der Waals surface area contributed by atoms with E-state index in [1.54, 1.807) is 4.57 Å². The Morgan fingerprint density at radius 2 is 1.76 bits per heavy atom. The number of aryl methyl sites for hydroxylation is 1. The van der Waals surface area contributed by atoms with Crippen molar-refractivity contribution in [3.05, 3.63) is 76.0 Å². The summed E-state index contributed by atoms with van der Waals surface area (Å²) >= 11 is 0. The number of fused-ring (bicyclic) bond motifs is 2. The van der Waals surface area contributed by atoms with Gasteiger partial charge in [0, 0.05) is 28.7 Å². The lowest BCUT2D eigenvalue weighted by atomic mass is 10.1. The molecule has 25 heavy (non-hydrogen) atoms. The maximum Gasteiger partial charge on any atom is 0.261 e. The molecule has 0 saturated carbocycles. The summed E-state index contributed by atoms with van der Waals surface area (Å²) in [5, 5.41) is 1.83. The van der Waals surface area contributed by atoms with E-state index in [1.165, 1.54) is 5.39 Å². The van der Waals surface area contributed by atoms with E-state index in [4.69, 9.17) is 0 Å². The fraction of sp³-hybridized carbons (Fsp3) is 0.143. The van der Waals surface area contributed by atoms with Crippen LogP contribution in [0.1, 0.15) is 24.0 Å². The van der Waals surface area contributed by atoms with Crippen molar-refractivity contribution in [3.63, 3.8) is 0 Å². The number of rotatable bonds is 3. The quantitative estimate of drug-likeness (QED) is 0.606. The summed E-state index contributed by atoms with van der Waals surface area (Å²) in [4.78, 5) is 20.8. The van der Waals surface area contributed by atoms with Crippen molar-refractivity contribution in [2.24, 2.45) is 0 Å². The summed E-state index contributed by atoms with van der Waals surface area (Å²) in [5.74, 6) is 0.677. The highest BCUT2D eigenvalue weighted by atomic mass is 16.1. The monoisotopic (exact) mass is 329 g/mol. The summed E-state index contributed by atoms with van der Waals surface area (Å²) in [5.41, 5.74) is 4.07. The molecular formula is C21H19N3O. The second kappa shape index (κ2) is 6.06. The average Bonchev–Trinajstić information content (AvgIpc) is 2.95. The number of nitrogens with one attached hydrogen (secondary N) is 1. The molecule has 4 rings (SSSR count). The molecule has 0 radical (unpaired) electrons. The molecule has 124 valence electrons. The van der Waals surface area contributed by atoms with Gasteiger partial charge in [-0.2, -0.15) is 0 Å². The molecule has 0 amide bonds. The number of aromatic amines is 1. The Balaban J connectivity index is 1.89. The molecule has 2 aromatic carbocycles. The van der Waals surface area contributed by atoms with E-state index in [0.717, 1.165) is 22.3 Å². The van der Waals surface area contributed by atoms with Crippen molar-refractivity contribution in [1.82, 2.24) is 14.5 Å². The van der Waals surface area contributed by atoms with E-state index in [9.17, 15) is 4.79 Å². The Morgan fingerprint density at radius 3 is 2.56 bits per heavy atom. The van der Waals surface area contributed by atoms with Crippen LogP contribution in [-0.2, 0) is 6.54 Å². The number of hydrogen-bond donors (Lipinski definition) is 1. The van der Waals surface area contributed by atoms with Crippen molar-refractivity contribution in [1.29, 1.82) is 0 Å². The molecule has 0 saturated heterocycles. The lowest BCUT2D eigenvalue weighted by Gasteiger charge is -2.08. The van der Waals surface area contributed by atoms with Gasteiger partial charge in [-0.3, -0.25) is 9.36 Å². The molecule has 0 aliphatic rings. The standard InChI is InChI=1S/C21H19N3O/c1-3-24-20(23-19-11-7-5-9-17(19)21(24)25)13-12-15-14(2)22-18-10-6-4-8-16(15)18/h4-13,22H,3H2,1-2H3/b13-12+. The predicted octanol–water partition coefficient (Wildman–Crippen LogP) is 4.38. The van der Waals surface area contributed by atoms with Gasteiger partial charge in [-0.25, -0.2) is 4.98 Å². The topological polar surface area (TPSA) is 50.7 Å². The van der Waals surface area contributed by atoms with E-state index in [0.29, 0.717) is 17.8 Å². The molecule has 0 spiro atoms. The van der Waals surface area contributed by atoms with Crippen molar-refractivity contribution in [2.75, 3.05) is 0 Å². The first-order valence-corrected chi connectivity index (χ1v) is 8.44. The number of H-pyrrole nitrogens is 1. The molecule has 0 aliphatic carbocycles. The number of aromatic nitrogens is 3. The van der Waals surface area contributed by atoms with Crippen molar-refractivity contribution >= 4 is 34.0 Å². The van der Waals surface area contributed by atoms with Gasteiger partial charge in [0.2, 0.25) is 0 Å². The van der Waals surface area contributed by atoms with Crippen LogP contribution in [0.5, 0.6) is 0 Å². The first-order chi connectivity index (χ1) is 12.2. The highest BCUT2D eigenvalue weighted by molar-refractivity contribution is 5.93. The first kappa shape index (κ1) is 15.4. The summed E-state index contributed by atoms with van der Waals surface area (Å²) < 4.78 is 1.71. The van der Waals surface area contributed by atoms with E-state index < -0.39 is 0 Å². The van der Waals surface area contributed by atoms with E-state index in [-0.39, 0.29) is 5.56 Å². The Hall–Kier alpha value is -3.14. The summed E-state index contributed by atoms with van der Waals surface area (Å²) in [6.07, 6.45) is 3.97. The minimum Gasteiger partial charge on any atom is -0.358 e. The molecule has 0 aliphatic heterocycles. The minimum absolute atomic E-state index is 0.00315. The molecule has 4 aromatic rings. The molecule has 4 heteroatoms. The molecule has 1 N–H and O–H groups in total. The Bertz CT molecular complexity index is 1160. The van der Waals surface area contributed by atoms with Crippen LogP contribution >= 0.6 is 0 Å². The normalized spacial score (nSPS) is 11.8. The van der Waals surface area contributed by atoms with Gasteiger partial charge in [0.05, 0.1) is 10.9 Å². The minimum atomic E-state index is 0.00315. The van der Waals surface area contributed by atoms with Crippen LogP contribution < -0.4 is 5.56 Å². The largest absolute Gasteiger partial charge is 0.358 e. The zero-order valence-electron chi connectivity index (χ0n) is 14.3. The molecule has 2 aromatic heterocycles. The van der Waals surface area contributed by atoms with Gasteiger partial charge in [-0.1, -0.05) is 30.3 Å². The molecule has 0 bridgehead atoms. The predicted molar refractivity (Wildman–Crippen MR) is 104 cm³/mol. The lowest BCUT2D eigenvalue weighted by Crippen LogP contribution is -2.22. The van der Waals surface area contributed by atoms with Crippen LogP contribution in [-0.4, -0.2) is 14.5 Å². The highest BCUT2D eigenvalue weighted by Gasteiger charge is 2.09. The average molecular weight is 329 g/mol. The number of nitrogens with zero attached hydrogens (tertiary/aromatic N) is 2. The zero-order chi connectivity index (χ0) is 17.4. The Kier molecular flexibility index (Phi) is 3.73. The van der Waals surface area contributed by atoms with Crippen LogP contribution in [0.4, 0.5) is 0 Å². The second-order valence-electron chi connectivity index (χ2n) is 6.08. The SMILES string of the molecule is CCn1c(/C=C/c2c(C)[nH]c3ccccc23)nc2ccccc2c1=O. The molecule has 2 heterocycles. The summed E-state index contributed by atoms with van der Waals surface area (Å²) in [6.45, 7) is 4.61. The van der Waals surface area contributed by atoms with Crippen LogP contribution in [0, 0.1) is 6.92 Å². The maximum atomic E-state index is 12.7. The fourth-order valence-corrected chi connectivity index (χ4v) is 3.29. The highest BCUT2D eigenvalue weighted by Crippen LogP contribution is 2.23. The van der Waals surface area contributed by atoms with Gasteiger partial charge in [-0.05, 0) is 44.2 Å². The second-order valence-corrected chi connectivity index (χ2v) is 6.08. The van der Waals surface area contributed by atoms with Gasteiger partial charge in [0.15, 0.2) is 0 Å². The molecule has 0 atom stereocenters. The lowest BCUT2D eigenvalue weighted by molar-refractivity contribution is 0.708. The smallest absolute Gasteiger partial charge is 0.261 e. The Morgan fingerprint density at radius 1 is 1.04 bits per heavy atom. The third-order valence-electron chi connectivity index (χ3n) is 4.55. The van der Waals surface area contributed by atoms with E-state index >= 15 is 0 Å². The van der Waals surface area contributed by atoms with Crippen LogP contribution in [0.25, 0.3) is 34.0 Å². The van der Waals surface area contributed by atoms with Gasteiger partial charge in [-0.15, -0.1) is 0 Å². The van der Waals surface area contributed by atoms with Crippen molar-refractivity contribution in [2.45, 2.75) is 20.4 Å². The molecule has 0 unspecified atom stereocenters. The number of benzene rings is 2. The van der Waals surface area contributed by atoms with Gasteiger partial charge in [0.25, 0.3) is 5.56 Å². The van der Waals surface area contributed by atoms with Gasteiger partial charge in [0.1, 0.15) is 5.82 Å². The van der Waals surface area contributed by atoms with Crippen LogP contribution in [0.2, 0.25) is 0 Å². The fourth-order valence-electron chi connectivity index (χ4n) is 3.29. The van der Waals surface area contributed by atoms with Crippen LogP contribution in [0.15, 0.2) is 53.3 Å². The van der Waals surface area contributed by atoms with Gasteiger partial charge >= 0.3 is 0 Å². The van der Waals surface area contributed by atoms with Crippen molar-refractivity contribution < 1.29 is 0 Å². The number of para-hydroxylation sites is 2. The third-order valence-corrected chi connectivity index (χ3v) is 4.55. The van der Waals surface area contributed by atoms with Crippen molar-refractivity contribution in [3.8, 4) is 0 Å². The van der Waals surface area contributed by atoms with E-state index in [2.05, 4.69) is 29.0 Å². The third kappa shape index (κ3) is 2.56. The summed E-state index contributed by atoms with van der Waals surface area (Å²) in [7, 11) is 0. The Labute approximate surface area is 145 Å².